The average Bonchev–Trinajstić information content (AvgIpc) is 3.10. The SMILES string of the molecule is C=C[C@@H]1CC[C@@H](C(=O)N2CCC[C@H]2C#N)N1C(=O)OC(C)(C)C. The number of hydrogen-bond acceptors (Lipinski definition) is 4. The molecule has 0 unspecified atom stereocenters. The lowest BCUT2D eigenvalue weighted by Crippen LogP contribution is -2.52. The first-order valence-electron chi connectivity index (χ1n) is 8.12. The molecule has 0 aromatic rings. The molecule has 2 heterocycles. The lowest BCUT2D eigenvalue weighted by Gasteiger charge is -2.33. The molecule has 2 aliphatic heterocycles. The molecule has 2 aliphatic rings. The van der Waals surface area contributed by atoms with E-state index in [0.717, 1.165) is 6.42 Å². The van der Waals surface area contributed by atoms with E-state index in [1.807, 2.05) is 0 Å². The number of nitriles is 1. The van der Waals surface area contributed by atoms with E-state index in [0.29, 0.717) is 25.8 Å². The minimum absolute atomic E-state index is 0.149. The van der Waals surface area contributed by atoms with Crippen LogP contribution in [-0.4, -0.2) is 52.1 Å². The van der Waals surface area contributed by atoms with Gasteiger partial charge in [0.25, 0.3) is 0 Å². The highest BCUT2D eigenvalue weighted by atomic mass is 16.6. The Morgan fingerprint density at radius 1 is 1.30 bits per heavy atom. The average molecular weight is 319 g/mol. The summed E-state index contributed by atoms with van der Waals surface area (Å²) in [6, 6.07) is 1.02. The Labute approximate surface area is 137 Å². The van der Waals surface area contributed by atoms with Gasteiger partial charge < -0.3 is 9.64 Å². The molecule has 3 atom stereocenters. The van der Waals surface area contributed by atoms with Crippen molar-refractivity contribution < 1.29 is 14.3 Å². The van der Waals surface area contributed by atoms with E-state index in [9.17, 15) is 14.9 Å². The number of ether oxygens (including phenoxy) is 1. The molecular weight excluding hydrogens is 294 g/mol. The van der Waals surface area contributed by atoms with Crippen molar-refractivity contribution >= 4 is 12.0 Å². The van der Waals surface area contributed by atoms with Gasteiger partial charge in [0.15, 0.2) is 0 Å². The molecular formula is C17H25N3O3. The Morgan fingerprint density at radius 3 is 2.57 bits per heavy atom. The zero-order valence-electron chi connectivity index (χ0n) is 14.1. The van der Waals surface area contributed by atoms with Crippen LogP contribution in [-0.2, 0) is 9.53 Å². The van der Waals surface area contributed by atoms with Gasteiger partial charge in [-0.25, -0.2) is 4.79 Å². The van der Waals surface area contributed by atoms with Crippen LogP contribution >= 0.6 is 0 Å². The highest BCUT2D eigenvalue weighted by Gasteiger charge is 2.45. The first-order chi connectivity index (χ1) is 10.8. The molecule has 0 aliphatic carbocycles. The summed E-state index contributed by atoms with van der Waals surface area (Å²) in [5.41, 5.74) is -0.623. The Morgan fingerprint density at radius 2 is 2.00 bits per heavy atom. The molecule has 0 radical (unpaired) electrons. The Hall–Kier alpha value is -2.03. The summed E-state index contributed by atoms with van der Waals surface area (Å²) in [6.45, 7) is 9.74. The van der Waals surface area contributed by atoms with Crippen LogP contribution in [0.3, 0.4) is 0 Å². The van der Waals surface area contributed by atoms with Crippen molar-refractivity contribution in [3.8, 4) is 6.07 Å². The fourth-order valence-electron chi connectivity index (χ4n) is 3.25. The third-order valence-corrected chi connectivity index (χ3v) is 4.28. The van der Waals surface area contributed by atoms with Crippen molar-refractivity contribution in [3.63, 3.8) is 0 Å². The molecule has 0 saturated carbocycles. The third-order valence-electron chi connectivity index (χ3n) is 4.28. The van der Waals surface area contributed by atoms with Gasteiger partial charge in [-0.15, -0.1) is 6.58 Å². The van der Waals surface area contributed by atoms with Crippen LogP contribution in [0.1, 0.15) is 46.5 Å². The number of nitrogens with zero attached hydrogens (tertiary/aromatic N) is 3. The van der Waals surface area contributed by atoms with Crippen molar-refractivity contribution in [2.45, 2.75) is 70.2 Å². The van der Waals surface area contributed by atoms with Crippen LogP contribution in [0.2, 0.25) is 0 Å². The number of carbonyl (C=O) groups excluding carboxylic acids is 2. The maximum atomic E-state index is 12.8. The minimum Gasteiger partial charge on any atom is -0.444 e. The molecule has 6 nitrogen and oxygen atoms in total. The normalized spacial score (nSPS) is 27.7. The number of carbonyl (C=O) groups is 2. The van der Waals surface area contributed by atoms with Crippen molar-refractivity contribution in [3.05, 3.63) is 12.7 Å². The summed E-state index contributed by atoms with van der Waals surface area (Å²) in [5, 5.41) is 9.19. The van der Waals surface area contributed by atoms with Gasteiger partial charge in [-0.1, -0.05) is 6.08 Å². The molecule has 2 fully saturated rings. The number of hydrogen-bond donors (Lipinski definition) is 0. The first kappa shape index (κ1) is 17.3. The predicted octanol–water partition coefficient (Wildman–Crippen LogP) is 2.46. The maximum absolute atomic E-state index is 12.8. The zero-order chi connectivity index (χ0) is 17.2. The molecule has 126 valence electrons. The van der Waals surface area contributed by atoms with Gasteiger partial charge in [0.2, 0.25) is 5.91 Å². The predicted molar refractivity (Wildman–Crippen MR) is 85.4 cm³/mol. The largest absolute Gasteiger partial charge is 0.444 e. The second-order valence-corrected chi connectivity index (χ2v) is 7.10. The lowest BCUT2D eigenvalue weighted by molar-refractivity contribution is -0.136. The van der Waals surface area contributed by atoms with Crippen molar-refractivity contribution in [1.29, 1.82) is 5.26 Å². The molecule has 23 heavy (non-hydrogen) atoms. The van der Waals surface area contributed by atoms with E-state index in [1.54, 1.807) is 31.7 Å². The molecule has 0 aromatic heterocycles. The van der Waals surface area contributed by atoms with E-state index < -0.39 is 17.7 Å². The standard InChI is InChI=1S/C17H25N3O3/c1-5-12-8-9-14(20(12)16(22)23-17(2,3)4)15(21)19-10-6-7-13(19)11-18/h5,12-14H,1,6-10H2,2-4H3/t12-,13+,14+/m1/s1. The molecule has 0 aromatic carbocycles. The quantitative estimate of drug-likeness (QED) is 0.733. The summed E-state index contributed by atoms with van der Waals surface area (Å²) >= 11 is 0. The molecule has 2 amide bonds. The molecule has 2 rings (SSSR count). The fourth-order valence-corrected chi connectivity index (χ4v) is 3.25. The maximum Gasteiger partial charge on any atom is 0.411 e. The van der Waals surface area contributed by atoms with Crippen LogP contribution in [0.25, 0.3) is 0 Å². The van der Waals surface area contributed by atoms with Gasteiger partial charge in [0.05, 0.1) is 12.1 Å². The number of amides is 2. The smallest absolute Gasteiger partial charge is 0.411 e. The highest BCUT2D eigenvalue weighted by molar-refractivity contribution is 5.87. The van der Waals surface area contributed by atoms with Gasteiger partial charge in [-0.3, -0.25) is 9.69 Å². The van der Waals surface area contributed by atoms with E-state index in [-0.39, 0.29) is 18.0 Å². The minimum atomic E-state index is -0.623. The molecule has 0 N–H and O–H groups in total. The van der Waals surface area contributed by atoms with E-state index in [2.05, 4.69) is 12.6 Å². The van der Waals surface area contributed by atoms with E-state index in [4.69, 9.17) is 4.74 Å². The fraction of sp³-hybridized carbons (Fsp3) is 0.706. The number of likely N-dealkylation sites (tertiary alicyclic amines) is 2. The van der Waals surface area contributed by atoms with Crippen LogP contribution < -0.4 is 0 Å². The van der Waals surface area contributed by atoms with Gasteiger partial charge in [-0.05, 0) is 46.5 Å². The summed E-state index contributed by atoms with van der Waals surface area (Å²) < 4.78 is 5.45. The Bertz CT molecular complexity index is 532. The van der Waals surface area contributed by atoms with Crippen LogP contribution in [0.4, 0.5) is 4.79 Å². The molecule has 2 saturated heterocycles. The van der Waals surface area contributed by atoms with Crippen LogP contribution in [0.5, 0.6) is 0 Å². The van der Waals surface area contributed by atoms with Crippen molar-refractivity contribution in [2.75, 3.05) is 6.54 Å². The molecule has 0 bridgehead atoms. The molecule has 0 spiro atoms. The molecule has 6 heteroatoms. The first-order valence-corrected chi connectivity index (χ1v) is 8.12. The van der Waals surface area contributed by atoms with Crippen molar-refractivity contribution in [2.24, 2.45) is 0 Å². The summed E-state index contributed by atoms with van der Waals surface area (Å²) in [7, 11) is 0. The second-order valence-electron chi connectivity index (χ2n) is 7.10. The second kappa shape index (κ2) is 6.61. The van der Waals surface area contributed by atoms with Crippen LogP contribution in [0, 0.1) is 11.3 Å². The van der Waals surface area contributed by atoms with Gasteiger partial charge in [0.1, 0.15) is 17.7 Å². The van der Waals surface area contributed by atoms with Crippen LogP contribution in [0.15, 0.2) is 12.7 Å². The van der Waals surface area contributed by atoms with Gasteiger partial charge in [0, 0.05) is 6.54 Å². The number of rotatable bonds is 2. The van der Waals surface area contributed by atoms with Crippen molar-refractivity contribution in [1.82, 2.24) is 9.80 Å². The van der Waals surface area contributed by atoms with Gasteiger partial charge in [-0.2, -0.15) is 5.26 Å². The summed E-state index contributed by atoms with van der Waals surface area (Å²) in [6.07, 6.45) is 3.97. The van der Waals surface area contributed by atoms with E-state index >= 15 is 0 Å². The van der Waals surface area contributed by atoms with Gasteiger partial charge >= 0.3 is 6.09 Å². The summed E-state index contributed by atoms with van der Waals surface area (Å²) in [5.74, 6) is -0.149. The Kier molecular flexibility index (Phi) is 4.98. The summed E-state index contributed by atoms with van der Waals surface area (Å²) in [4.78, 5) is 28.5. The van der Waals surface area contributed by atoms with E-state index in [1.165, 1.54) is 4.90 Å². The Balaban J connectivity index is 2.19. The topological polar surface area (TPSA) is 73.6 Å². The lowest BCUT2D eigenvalue weighted by atomic mass is 10.1. The monoisotopic (exact) mass is 319 g/mol. The zero-order valence-corrected chi connectivity index (χ0v) is 14.1. The highest BCUT2D eigenvalue weighted by Crippen LogP contribution is 2.30. The third kappa shape index (κ3) is 3.66.